The summed E-state index contributed by atoms with van der Waals surface area (Å²) >= 11 is 0. The van der Waals surface area contributed by atoms with Crippen LogP contribution < -0.4 is 5.73 Å². The normalized spacial score (nSPS) is 12.0. The molecule has 0 saturated heterocycles. The molecular formula is C10H13F2NO2S. The summed E-state index contributed by atoms with van der Waals surface area (Å²) in [6, 6.07) is 5.94. The van der Waals surface area contributed by atoms with Gasteiger partial charge >= 0.3 is 0 Å². The lowest BCUT2D eigenvalue weighted by Gasteiger charge is -2.04. The summed E-state index contributed by atoms with van der Waals surface area (Å²) in [7, 11) is -3.60. The van der Waals surface area contributed by atoms with Crippen LogP contribution in [0.25, 0.3) is 0 Å². The van der Waals surface area contributed by atoms with Crippen molar-refractivity contribution in [1.82, 2.24) is 0 Å². The second-order valence-electron chi connectivity index (χ2n) is 3.35. The van der Waals surface area contributed by atoms with Gasteiger partial charge in [-0.3, -0.25) is 0 Å². The molecule has 1 aromatic rings. The van der Waals surface area contributed by atoms with Gasteiger partial charge in [-0.25, -0.2) is 17.2 Å². The van der Waals surface area contributed by atoms with Crippen LogP contribution in [0.4, 0.5) is 8.78 Å². The Labute approximate surface area is 93.2 Å². The summed E-state index contributed by atoms with van der Waals surface area (Å²) in [6.45, 7) is 0.317. The molecule has 6 heteroatoms. The fraction of sp³-hybridized carbons (Fsp3) is 0.400. The van der Waals surface area contributed by atoms with Crippen LogP contribution in [0.3, 0.4) is 0 Å². The van der Waals surface area contributed by atoms with Gasteiger partial charge in [0.05, 0.1) is 10.6 Å². The molecule has 0 spiro atoms. The van der Waals surface area contributed by atoms with E-state index in [9.17, 15) is 17.2 Å². The highest BCUT2D eigenvalue weighted by molar-refractivity contribution is 7.91. The van der Waals surface area contributed by atoms with Gasteiger partial charge in [-0.05, 0) is 17.7 Å². The molecule has 0 atom stereocenters. The lowest BCUT2D eigenvalue weighted by molar-refractivity contribution is 0.145. The molecule has 0 aliphatic heterocycles. The number of sulfone groups is 1. The van der Waals surface area contributed by atoms with Gasteiger partial charge in [-0.1, -0.05) is 12.1 Å². The number of alkyl halides is 2. The molecule has 3 nitrogen and oxygen atoms in total. The highest BCUT2D eigenvalue weighted by atomic mass is 32.2. The van der Waals surface area contributed by atoms with Crippen LogP contribution in [0.2, 0.25) is 0 Å². The zero-order chi connectivity index (χ0) is 12.2. The lowest BCUT2D eigenvalue weighted by atomic mass is 10.2. The first-order chi connectivity index (χ1) is 7.45. The third-order valence-electron chi connectivity index (χ3n) is 2.12. The van der Waals surface area contributed by atoms with Crippen LogP contribution in [0.5, 0.6) is 0 Å². The fourth-order valence-electron chi connectivity index (χ4n) is 1.19. The topological polar surface area (TPSA) is 60.2 Å². The Kier molecular flexibility index (Phi) is 4.37. The van der Waals surface area contributed by atoms with Gasteiger partial charge in [0.1, 0.15) is 0 Å². The van der Waals surface area contributed by atoms with Crippen molar-refractivity contribution in [3.05, 3.63) is 29.8 Å². The predicted octanol–water partition coefficient (Wildman–Crippen LogP) is 1.57. The summed E-state index contributed by atoms with van der Waals surface area (Å²) in [5.74, 6) is -0.535. The van der Waals surface area contributed by atoms with E-state index < -0.39 is 28.4 Å². The molecule has 16 heavy (non-hydrogen) atoms. The largest absolute Gasteiger partial charge is 0.326 e. The Morgan fingerprint density at radius 2 is 1.75 bits per heavy atom. The van der Waals surface area contributed by atoms with E-state index in [-0.39, 0.29) is 4.90 Å². The average molecular weight is 249 g/mol. The number of hydrogen-bond donors (Lipinski definition) is 1. The molecule has 0 fully saturated rings. The maximum atomic E-state index is 11.9. The van der Waals surface area contributed by atoms with Crippen LogP contribution in [0, 0.1) is 0 Å². The molecule has 0 aromatic heterocycles. The van der Waals surface area contributed by atoms with Crippen molar-refractivity contribution in [2.45, 2.75) is 24.3 Å². The van der Waals surface area contributed by atoms with Gasteiger partial charge < -0.3 is 5.73 Å². The highest BCUT2D eigenvalue weighted by Crippen LogP contribution is 2.14. The number of halogens is 2. The first-order valence-corrected chi connectivity index (χ1v) is 6.41. The molecule has 1 aromatic carbocycles. The zero-order valence-electron chi connectivity index (χ0n) is 8.57. The molecule has 0 aliphatic rings. The van der Waals surface area contributed by atoms with E-state index in [4.69, 9.17) is 5.73 Å². The van der Waals surface area contributed by atoms with E-state index in [1.54, 1.807) is 12.1 Å². The molecule has 0 unspecified atom stereocenters. The summed E-state index contributed by atoms with van der Waals surface area (Å²) in [5, 5.41) is 0. The van der Waals surface area contributed by atoms with Gasteiger partial charge in [0.15, 0.2) is 9.84 Å². The van der Waals surface area contributed by atoms with Crippen LogP contribution in [-0.4, -0.2) is 20.6 Å². The van der Waals surface area contributed by atoms with Gasteiger partial charge in [0, 0.05) is 13.0 Å². The lowest BCUT2D eigenvalue weighted by Crippen LogP contribution is -2.10. The Morgan fingerprint density at radius 1 is 1.19 bits per heavy atom. The molecule has 1 rings (SSSR count). The quantitative estimate of drug-likeness (QED) is 0.861. The van der Waals surface area contributed by atoms with E-state index >= 15 is 0 Å². The minimum absolute atomic E-state index is 0.0605. The molecule has 0 amide bonds. The number of hydrogen-bond acceptors (Lipinski definition) is 3. The van der Waals surface area contributed by atoms with Crippen LogP contribution in [0.1, 0.15) is 12.0 Å². The molecule has 90 valence electrons. The van der Waals surface area contributed by atoms with Crippen molar-refractivity contribution in [3.8, 4) is 0 Å². The average Bonchev–Trinajstić information content (AvgIpc) is 2.27. The van der Waals surface area contributed by atoms with Crippen molar-refractivity contribution in [1.29, 1.82) is 0 Å². The van der Waals surface area contributed by atoms with E-state index in [0.29, 0.717) is 6.54 Å². The van der Waals surface area contributed by atoms with E-state index in [2.05, 4.69) is 0 Å². The van der Waals surface area contributed by atoms with Crippen LogP contribution >= 0.6 is 0 Å². The van der Waals surface area contributed by atoms with Gasteiger partial charge in [-0.15, -0.1) is 0 Å². The molecule has 0 bridgehead atoms. The van der Waals surface area contributed by atoms with Gasteiger partial charge in [0.2, 0.25) is 6.43 Å². The van der Waals surface area contributed by atoms with E-state index in [1.807, 2.05) is 0 Å². The first kappa shape index (κ1) is 13.1. The maximum absolute atomic E-state index is 11.9. The summed E-state index contributed by atoms with van der Waals surface area (Å²) < 4.78 is 47.0. The number of rotatable bonds is 5. The highest BCUT2D eigenvalue weighted by Gasteiger charge is 2.16. The molecule has 0 heterocycles. The maximum Gasteiger partial charge on any atom is 0.239 e. The number of benzene rings is 1. The van der Waals surface area contributed by atoms with Gasteiger partial charge in [0.25, 0.3) is 0 Å². The standard InChI is InChI=1S/C10H13F2NO2S/c11-10(12)5-6-16(14,15)9-3-1-8(7-13)2-4-9/h1-4,10H,5-7,13H2. The third-order valence-corrected chi connectivity index (χ3v) is 3.89. The molecular weight excluding hydrogens is 236 g/mol. The molecule has 0 radical (unpaired) electrons. The molecule has 2 N–H and O–H groups in total. The third kappa shape index (κ3) is 3.53. The Balaban J connectivity index is 2.82. The first-order valence-electron chi connectivity index (χ1n) is 4.75. The monoisotopic (exact) mass is 249 g/mol. The molecule has 0 aliphatic carbocycles. The minimum atomic E-state index is -3.60. The Morgan fingerprint density at radius 3 is 2.19 bits per heavy atom. The summed E-state index contributed by atoms with van der Waals surface area (Å²) in [4.78, 5) is 0.0605. The van der Waals surface area contributed by atoms with Crippen molar-refractivity contribution < 1.29 is 17.2 Å². The summed E-state index contributed by atoms with van der Waals surface area (Å²) in [5.41, 5.74) is 6.16. The van der Waals surface area contributed by atoms with Crippen molar-refractivity contribution >= 4 is 9.84 Å². The van der Waals surface area contributed by atoms with E-state index in [0.717, 1.165) is 5.56 Å². The predicted molar refractivity (Wildman–Crippen MR) is 57.0 cm³/mol. The fourth-order valence-corrected chi connectivity index (χ4v) is 2.47. The van der Waals surface area contributed by atoms with E-state index in [1.165, 1.54) is 12.1 Å². The Hall–Kier alpha value is -1.01. The number of nitrogens with two attached hydrogens (primary N) is 1. The van der Waals surface area contributed by atoms with Crippen LogP contribution in [0.15, 0.2) is 29.2 Å². The Bertz CT molecular complexity index is 429. The van der Waals surface area contributed by atoms with Crippen LogP contribution in [-0.2, 0) is 16.4 Å². The van der Waals surface area contributed by atoms with Crippen molar-refractivity contribution in [3.63, 3.8) is 0 Å². The SMILES string of the molecule is NCc1ccc(S(=O)(=O)CCC(F)F)cc1. The van der Waals surface area contributed by atoms with Crippen molar-refractivity contribution in [2.24, 2.45) is 5.73 Å². The van der Waals surface area contributed by atoms with Gasteiger partial charge in [-0.2, -0.15) is 0 Å². The second kappa shape index (κ2) is 5.36. The second-order valence-corrected chi connectivity index (χ2v) is 5.46. The molecule has 0 saturated carbocycles. The van der Waals surface area contributed by atoms with Crippen molar-refractivity contribution in [2.75, 3.05) is 5.75 Å². The summed E-state index contributed by atoms with van der Waals surface area (Å²) in [6.07, 6.45) is -3.24. The minimum Gasteiger partial charge on any atom is -0.326 e. The smallest absolute Gasteiger partial charge is 0.239 e. The zero-order valence-corrected chi connectivity index (χ0v) is 9.38.